The second-order valence-corrected chi connectivity index (χ2v) is 7.88. The maximum absolute atomic E-state index is 12.3. The number of aliphatic hydroxyl groups is 2. The Hall–Kier alpha value is -2.64. The lowest BCUT2D eigenvalue weighted by atomic mass is 10.0. The highest BCUT2D eigenvalue weighted by Gasteiger charge is 2.44. The van der Waals surface area contributed by atoms with Crippen LogP contribution in [0.15, 0.2) is 32.6 Å². The molecule has 0 aromatic rings. The minimum absolute atomic E-state index is 0.0101. The summed E-state index contributed by atoms with van der Waals surface area (Å²) in [5.74, 6) is -0.630. The third-order valence-electron chi connectivity index (χ3n) is 5.18. The molecule has 0 fully saturated rings. The average Bonchev–Trinajstić information content (AvgIpc) is 2.85. The van der Waals surface area contributed by atoms with E-state index < -0.39 is 11.1 Å². The number of carbonyl (C=O) groups excluding carboxylic acids is 2. The molecule has 3 N–H and O–H groups in total. The van der Waals surface area contributed by atoms with E-state index >= 15 is 0 Å². The second kappa shape index (κ2) is 6.83. The number of nitrogens with zero attached hydrogens (tertiary/aromatic N) is 3. The number of rotatable bonds is 5. The topological polar surface area (TPSA) is 115 Å². The number of aliphatic hydroxyl groups excluding tert-OH is 2. The summed E-state index contributed by atoms with van der Waals surface area (Å²) in [6, 6.07) is 0. The molecule has 0 aromatic heterocycles. The van der Waals surface area contributed by atoms with E-state index in [9.17, 15) is 19.8 Å². The van der Waals surface area contributed by atoms with Gasteiger partial charge in [-0.15, -0.1) is 0 Å². The van der Waals surface area contributed by atoms with Crippen molar-refractivity contribution in [2.24, 2.45) is 9.98 Å². The highest BCUT2D eigenvalue weighted by molar-refractivity contribution is 6.23. The van der Waals surface area contributed by atoms with E-state index in [1.54, 1.807) is 48.6 Å². The molecule has 0 spiro atoms. The van der Waals surface area contributed by atoms with Gasteiger partial charge in [-0.2, -0.15) is 0 Å². The van der Waals surface area contributed by atoms with Crippen LogP contribution in [0.1, 0.15) is 41.5 Å². The first-order valence-corrected chi connectivity index (χ1v) is 8.83. The Balaban J connectivity index is 2.11. The number of amides is 2. The summed E-state index contributed by atoms with van der Waals surface area (Å²) in [6.07, 6.45) is 0. The van der Waals surface area contributed by atoms with Gasteiger partial charge in [0.15, 0.2) is 0 Å². The van der Waals surface area contributed by atoms with Gasteiger partial charge in [0.05, 0.1) is 29.7 Å². The molecule has 0 aliphatic carbocycles. The van der Waals surface area contributed by atoms with Gasteiger partial charge in [0.2, 0.25) is 0 Å². The SMILES string of the molecule is CC(=NCCN=C(C)C1=C(O)C(C)(C)N(C)C1=O)C1=C(O)C(C)(C)NC1=O. The van der Waals surface area contributed by atoms with Crippen LogP contribution in [0.4, 0.5) is 0 Å². The molecule has 2 rings (SSSR count). The van der Waals surface area contributed by atoms with Gasteiger partial charge in [-0.25, -0.2) is 0 Å². The van der Waals surface area contributed by atoms with Gasteiger partial charge in [0.1, 0.15) is 17.1 Å². The van der Waals surface area contributed by atoms with Crippen molar-refractivity contribution in [2.75, 3.05) is 20.1 Å². The maximum atomic E-state index is 12.3. The van der Waals surface area contributed by atoms with Crippen molar-refractivity contribution in [2.45, 2.75) is 52.6 Å². The number of likely N-dealkylation sites (N-methyl/N-ethyl adjacent to an activating group) is 1. The van der Waals surface area contributed by atoms with Crippen molar-refractivity contribution >= 4 is 23.2 Å². The van der Waals surface area contributed by atoms with Gasteiger partial charge in [-0.3, -0.25) is 19.6 Å². The molecule has 27 heavy (non-hydrogen) atoms. The molecule has 0 unspecified atom stereocenters. The summed E-state index contributed by atoms with van der Waals surface area (Å²) < 4.78 is 0. The minimum Gasteiger partial charge on any atom is -0.509 e. The van der Waals surface area contributed by atoms with Crippen molar-refractivity contribution in [3.8, 4) is 0 Å². The molecule has 0 atom stereocenters. The molecule has 0 saturated carbocycles. The summed E-state index contributed by atoms with van der Waals surface area (Å²) in [7, 11) is 1.64. The molecule has 2 aliphatic rings. The van der Waals surface area contributed by atoms with E-state index in [-0.39, 0.29) is 47.6 Å². The molecule has 148 valence electrons. The lowest BCUT2D eigenvalue weighted by molar-refractivity contribution is -0.127. The van der Waals surface area contributed by atoms with Crippen molar-refractivity contribution in [1.29, 1.82) is 0 Å². The lowest BCUT2D eigenvalue weighted by Gasteiger charge is -2.27. The van der Waals surface area contributed by atoms with Crippen molar-refractivity contribution < 1.29 is 19.8 Å². The average molecular weight is 376 g/mol. The van der Waals surface area contributed by atoms with Gasteiger partial charge in [-0.1, -0.05) is 0 Å². The van der Waals surface area contributed by atoms with Crippen LogP contribution in [0, 0.1) is 0 Å². The van der Waals surface area contributed by atoms with Gasteiger partial charge in [0.25, 0.3) is 11.8 Å². The van der Waals surface area contributed by atoms with Gasteiger partial charge in [-0.05, 0) is 41.5 Å². The van der Waals surface area contributed by atoms with Gasteiger partial charge in [0, 0.05) is 18.5 Å². The van der Waals surface area contributed by atoms with Crippen LogP contribution >= 0.6 is 0 Å². The molecule has 2 amide bonds. The number of hydrogen-bond acceptors (Lipinski definition) is 6. The molecular formula is C19H28N4O4. The molecule has 0 bridgehead atoms. The fourth-order valence-electron chi connectivity index (χ4n) is 3.07. The molecule has 0 radical (unpaired) electrons. The monoisotopic (exact) mass is 376 g/mol. The largest absolute Gasteiger partial charge is 0.509 e. The number of carbonyl (C=O) groups is 2. The Morgan fingerprint density at radius 2 is 1.44 bits per heavy atom. The Labute approximate surface area is 159 Å². The van der Waals surface area contributed by atoms with E-state index in [4.69, 9.17) is 0 Å². The fraction of sp³-hybridized carbons (Fsp3) is 0.579. The molecule has 0 saturated heterocycles. The molecule has 0 aromatic carbocycles. The number of hydrogen-bond donors (Lipinski definition) is 3. The van der Waals surface area contributed by atoms with E-state index in [1.165, 1.54) is 4.90 Å². The predicted octanol–water partition coefficient (Wildman–Crippen LogP) is 1.69. The quantitative estimate of drug-likeness (QED) is 0.500. The second-order valence-electron chi connectivity index (χ2n) is 7.88. The minimum atomic E-state index is -0.802. The third kappa shape index (κ3) is 3.48. The summed E-state index contributed by atoms with van der Waals surface area (Å²) >= 11 is 0. The third-order valence-corrected chi connectivity index (χ3v) is 5.18. The number of nitrogens with one attached hydrogen (secondary N) is 1. The molecule has 2 heterocycles. The van der Waals surface area contributed by atoms with E-state index in [2.05, 4.69) is 15.3 Å². The van der Waals surface area contributed by atoms with Gasteiger partial charge < -0.3 is 20.4 Å². The van der Waals surface area contributed by atoms with E-state index in [0.717, 1.165) is 0 Å². The first-order valence-electron chi connectivity index (χ1n) is 8.83. The summed E-state index contributed by atoms with van der Waals surface area (Å²) in [6.45, 7) is 10.9. The van der Waals surface area contributed by atoms with Crippen LogP contribution < -0.4 is 5.32 Å². The first-order chi connectivity index (χ1) is 12.3. The van der Waals surface area contributed by atoms with Crippen molar-refractivity contribution in [3.05, 3.63) is 22.7 Å². The zero-order valence-electron chi connectivity index (χ0n) is 17.0. The zero-order chi connectivity index (χ0) is 20.7. The lowest BCUT2D eigenvalue weighted by Crippen LogP contribution is -2.40. The molecule has 8 heteroatoms. The summed E-state index contributed by atoms with van der Waals surface area (Å²) in [5, 5.41) is 23.2. The first kappa shape index (κ1) is 20.7. The molecule has 8 nitrogen and oxygen atoms in total. The fourth-order valence-corrected chi connectivity index (χ4v) is 3.07. The van der Waals surface area contributed by atoms with Crippen LogP contribution in [-0.4, -0.2) is 69.6 Å². The molecular weight excluding hydrogens is 348 g/mol. The summed E-state index contributed by atoms with van der Waals surface area (Å²) in [5.41, 5.74) is -0.266. The van der Waals surface area contributed by atoms with E-state index in [0.29, 0.717) is 11.4 Å². The van der Waals surface area contributed by atoms with Crippen LogP contribution in [0.5, 0.6) is 0 Å². The van der Waals surface area contributed by atoms with Crippen molar-refractivity contribution in [1.82, 2.24) is 10.2 Å². The Bertz CT molecular complexity index is 816. The highest BCUT2D eigenvalue weighted by Crippen LogP contribution is 2.32. The maximum Gasteiger partial charge on any atom is 0.259 e. The Morgan fingerprint density at radius 1 is 0.963 bits per heavy atom. The Morgan fingerprint density at radius 3 is 1.81 bits per heavy atom. The highest BCUT2D eigenvalue weighted by atomic mass is 16.3. The Kier molecular flexibility index (Phi) is 5.23. The normalized spacial score (nSPS) is 22.9. The summed E-state index contributed by atoms with van der Waals surface area (Å²) in [4.78, 5) is 34.5. The van der Waals surface area contributed by atoms with Crippen LogP contribution in [0.2, 0.25) is 0 Å². The predicted molar refractivity (Wildman–Crippen MR) is 104 cm³/mol. The van der Waals surface area contributed by atoms with Crippen molar-refractivity contribution in [3.63, 3.8) is 0 Å². The van der Waals surface area contributed by atoms with Crippen LogP contribution in [0.3, 0.4) is 0 Å². The number of aliphatic imine (C=N–C) groups is 2. The van der Waals surface area contributed by atoms with Gasteiger partial charge >= 0.3 is 0 Å². The smallest absolute Gasteiger partial charge is 0.259 e. The molecule has 2 aliphatic heterocycles. The van der Waals surface area contributed by atoms with Crippen LogP contribution in [-0.2, 0) is 9.59 Å². The van der Waals surface area contributed by atoms with Crippen LogP contribution in [0.25, 0.3) is 0 Å². The zero-order valence-corrected chi connectivity index (χ0v) is 17.0. The van der Waals surface area contributed by atoms with E-state index in [1.807, 2.05) is 0 Å². The standard InChI is InChI=1S/C19H28N4O4/c1-10(12-14(24)18(3,4)22-16(12)26)20-8-9-21-11(2)13-15(25)19(5,6)23(7)17(13)27/h24-25H,8-9H2,1-7H3,(H,22,26).